The van der Waals surface area contributed by atoms with Crippen LogP contribution in [0, 0.1) is 6.92 Å². The molecule has 172 valence electrons. The number of para-hydroxylation sites is 1. The summed E-state index contributed by atoms with van der Waals surface area (Å²) >= 11 is 1.30. The second kappa shape index (κ2) is 8.46. The third-order valence-corrected chi connectivity index (χ3v) is 6.59. The van der Waals surface area contributed by atoms with Crippen LogP contribution in [0.15, 0.2) is 70.9 Å². The number of benzene rings is 2. The van der Waals surface area contributed by atoms with Gasteiger partial charge in [-0.3, -0.25) is 14.5 Å². The minimum Gasteiger partial charge on any atom is -0.507 e. The highest BCUT2D eigenvalue weighted by atomic mass is 32.1. The molecule has 4 aromatic rings. The molecule has 1 amide bonds. The number of nitrogens with zero attached hydrogens (tertiary/aromatic N) is 2. The van der Waals surface area contributed by atoms with Gasteiger partial charge in [-0.05, 0) is 68.8 Å². The monoisotopic (exact) mass is 474 g/mol. The Morgan fingerprint density at radius 1 is 1.15 bits per heavy atom. The van der Waals surface area contributed by atoms with Gasteiger partial charge in [-0.1, -0.05) is 23.5 Å². The topological polar surface area (TPSA) is 92.9 Å². The number of ether oxygens (including phenoxy) is 1. The van der Waals surface area contributed by atoms with Crippen molar-refractivity contribution in [2.75, 3.05) is 4.90 Å². The van der Waals surface area contributed by atoms with Crippen LogP contribution in [0.25, 0.3) is 16.0 Å². The molecular weight excluding hydrogens is 452 g/mol. The number of aryl methyl sites for hydroxylation is 1. The fourth-order valence-corrected chi connectivity index (χ4v) is 5.04. The van der Waals surface area contributed by atoms with Crippen LogP contribution in [0.1, 0.15) is 36.8 Å². The Morgan fingerprint density at radius 2 is 1.94 bits per heavy atom. The van der Waals surface area contributed by atoms with Gasteiger partial charge < -0.3 is 14.3 Å². The SMILES string of the molecule is Cc1cc(/C(O)=C2\C(=O)C(=O)N(c3nc4ccccc4s3)C2c2ccco2)ccc1OC(C)C. The molecule has 0 spiro atoms. The van der Waals surface area contributed by atoms with Crippen LogP contribution >= 0.6 is 11.3 Å². The molecule has 1 atom stereocenters. The van der Waals surface area contributed by atoms with E-state index in [1.54, 1.807) is 30.3 Å². The summed E-state index contributed by atoms with van der Waals surface area (Å²) in [5.74, 6) is -0.792. The van der Waals surface area contributed by atoms with Gasteiger partial charge in [0.2, 0.25) is 0 Å². The van der Waals surface area contributed by atoms with Gasteiger partial charge in [0.15, 0.2) is 5.13 Å². The van der Waals surface area contributed by atoms with Crippen molar-refractivity contribution in [1.29, 1.82) is 0 Å². The normalized spacial score (nSPS) is 17.8. The fraction of sp³-hybridized carbons (Fsp3) is 0.192. The largest absolute Gasteiger partial charge is 0.507 e. The summed E-state index contributed by atoms with van der Waals surface area (Å²) in [6.07, 6.45) is 1.46. The highest BCUT2D eigenvalue weighted by Gasteiger charge is 2.49. The Morgan fingerprint density at radius 3 is 2.62 bits per heavy atom. The molecule has 7 nitrogen and oxygen atoms in total. The van der Waals surface area contributed by atoms with Crippen molar-refractivity contribution >= 4 is 44.1 Å². The zero-order chi connectivity index (χ0) is 24.0. The first-order valence-electron chi connectivity index (χ1n) is 10.8. The molecule has 3 heterocycles. The number of aliphatic hydroxyl groups excluding tert-OH is 1. The smallest absolute Gasteiger partial charge is 0.302 e. The third kappa shape index (κ3) is 3.66. The molecule has 8 heteroatoms. The summed E-state index contributed by atoms with van der Waals surface area (Å²) in [5, 5.41) is 11.6. The first kappa shape index (κ1) is 21.9. The minimum atomic E-state index is -0.942. The number of aliphatic hydroxyl groups is 1. The van der Waals surface area contributed by atoms with E-state index in [0.717, 1.165) is 15.8 Å². The predicted octanol–water partition coefficient (Wildman–Crippen LogP) is 5.61. The number of aromatic nitrogens is 1. The number of carbonyl (C=O) groups is 2. The molecule has 1 saturated heterocycles. The Hall–Kier alpha value is -3.91. The molecule has 1 aliphatic heterocycles. The van der Waals surface area contributed by atoms with E-state index in [4.69, 9.17) is 9.15 Å². The van der Waals surface area contributed by atoms with E-state index < -0.39 is 17.7 Å². The molecule has 2 aromatic heterocycles. The summed E-state index contributed by atoms with van der Waals surface area (Å²) in [5.41, 5.74) is 1.88. The molecule has 5 rings (SSSR count). The average Bonchev–Trinajstić information content (AvgIpc) is 3.53. The highest BCUT2D eigenvalue weighted by Crippen LogP contribution is 2.44. The molecule has 1 N–H and O–H groups in total. The molecule has 1 fully saturated rings. The lowest BCUT2D eigenvalue weighted by molar-refractivity contribution is -0.132. The molecule has 34 heavy (non-hydrogen) atoms. The van der Waals surface area contributed by atoms with E-state index >= 15 is 0 Å². The van der Waals surface area contributed by atoms with Gasteiger partial charge in [0, 0.05) is 5.56 Å². The van der Waals surface area contributed by atoms with Gasteiger partial charge in [-0.15, -0.1) is 0 Å². The molecule has 0 aliphatic carbocycles. The number of hydrogen-bond donors (Lipinski definition) is 1. The van der Waals surface area contributed by atoms with E-state index in [-0.39, 0.29) is 17.4 Å². The molecule has 0 bridgehead atoms. The molecule has 0 saturated carbocycles. The van der Waals surface area contributed by atoms with Crippen LogP contribution in [0.5, 0.6) is 5.75 Å². The summed E-state index contributed by atoms with van der Waals surface area (Å²) in [6.45, 7) is 5.72. The van der Waals surface area contributed by atoms with Crippen molar-refractivity contribution in [1.82, 2.24) is 4.98 Å². The van der Waals surface area contributed by atoms with Crippen molar-refractivity contribution in [3.8, 4) is 5.75 Å². The Kier molecular flexibility index (Phi) is 5.45. The van der Waals surface area contributed by atoms with E-state index in [9.17, 15) is 14.7 Å². The van der Waals surface area contributed by atoms with E-state index in [0.29, 0.717) is 22.2 Å². The minimum absolute atomic E-state index is 0.00349. The molecular formula is C26H22N2O5S. The number of Topliss-reactive ketones (excluding diaryl/α,β-unsaturated/α-hetero) is 1. The maximum Gasteiger partial charge on any atom is 0.302 e. The lowest BCUT2D eigenvalue weighted by Gasteiger charge is -2.20. The standard InChI is InChI=1S/C26H22N2O5S/c1-14(2)33-18-11-10-16(13-15(18)3)23(29)21-22(19-8-6-12-32-19)28(25(31)24(21)30)26-27-17-7-4-5-9-20(17)34-26/h4-14,22,29H,1-3H3/b23-21+. The van der Waals surface area contributed by atoms with Crippen LogP contribution in [0.2, 0.25) is 0 Å². The lowest BCUT2D eigenvalue weighted by Crippen LogP contribution is -2.29. The number of amides is 1. The summed E-state index contributed by atoms with van der Waals surface area (Å²) in [6, 6.07) is 15.1. The van der Waals surface area contributed by atoms with Crippen LogP contribution in [0.4, 0.5) is 5.13 Å². The first-order chi connectivity index (χ1) is 16.3. The van der Waals surface area contributed by atoms with Crippen molar-refractivity contribution in [2.24, 2.45) is 0 Å². The van der Waals surface area contributed by atoms with Gasteiger partial charge in [-0.25, -0.2) is 4.98 Å². The van der Waals surface area contributed by atoms with Gasteiger partial charge in [0.05, 0.1) is 28.2 Å². The molecule has 1 unspecified atom stereocenters. The molecule has 1 aliphatic rings. The van der Waals surface area contributed by atoms with E-state index in [1.165, 1.54) is 22.5 Å². The lowest BCUT2D eigenvalue weighted by atomic mass is 9.98. The van der Waals surface area contributed by atoms with Crippen molar-refractivity contribution < 1.29 is 23.8 Å². The molecule has 0 radical (unpaired) electrons. The summed E-state index contributed by atoms with van der Waals surface area (Å²) < 4.78 is 12.3. The van der Waals surface area contributed by atoms with E-state index in [1.807, 2.05) is 45.0 Å². The van der Waals surface area contributed by atoms with Crippen molar-refractivity contribution in [3.05, 3.63) is 83.3 Å². The van der Waals surface area contributed by atoms with Crippen molar-refractivity contribution in [2.45, 2.75) is 32.9 Å². The summed E-state index contributed by atoms with van der Waals surface area (Å²) in [4.78, 5) is 32.3. The fourth-order valence-electron chi connectivity index (χ4n) is 4.05. The zero-order valence-corrected chi connectivity index (χ0v) is 19.6. The number of hydrogen-bond acceptors (Lipinski definition) is 7. The Balaban J connectivity index is 1.65. The third-order valence-electron chi connectivity index (χ3n) is 5.56. The average molecular weight is 475 g/mol. The number of rotatable bonds is 5. The number of fused-ring (bicyclic) bond motifs is 1. The maximum absolute atomic E-state index is 13.2. The van der Waals surface area contributed by atoms with Crippen LogP contribution in [-0.4, -0.2) is 27.9 Å². The second-order valence-electron chi connectivity index (χ2n) is 8.30. The Bertz CT molecular complexity index is 1400. The molecule has 2 aromatic carbocycles. The first-order valence-corrected chi connectivity index (χ1v) is 11.6. The van der Waals surface area contributed by atoms with Crippen LogP contribution < -0.4 is 9.64 Å². The number of thiazole rings is 1. The van der Waals surface area contributed by atoms with E-state index in [2.05, 4.69) is 4.98 Å². The number of anilines is 1. The highest BCUT2D eigenvalue weighted by molar-refractivity contribution is 7.22. The van der Waals surface area contributed by atoms with Crippen LogP contribution in [0.3, 0.4) is 0 Å². The summed E-state index contributed by atoms with van der Waals surface area (Å²) in [7, 11) is 0. The zero-order valence-electron chi connectivity index (χ0n) is 18.8. The van der Waals surface area contributed by atoms with Gasteiger partial charge >= 0.3 is 5.91 Å². The Labute approximate surface area is 199 Å². The van der Waals surface area contributed by atoms with Gasteiger partial charge in [0.25, 0.3) is 5.78 Å². The second-order valence-corrected chi connectivity index (χ2v) is 9.30. The maximum atomic E-state index is 13.2. The number of furan rings is 1. The van der Waals surface area contributed by atoms with Gasteiger partial charge in [-0.2, -0.15) is 0 Å². The van der Waals surface area contributed by atoms with Gasteiger partial charge in [0.1, 0.15) is 23.3 Å². The number of ketones is 1. The van der Waals surface area contributed by atoms with Crippen LogP contribution in [-0.2, 0) is 9.59 Å². The number of carbonyl (C=O) groups excluding carboxylic acids is 2. The predicted molar refractivity (Wildman–Crippen MR) is 130 cm³/mol. The van der Waals surface area contributed by atoms with Crippen molar-refractivity contribution in [3.63, 3.8) is 0 Å². The quantitative estimate of drug-likeness (QED) is 0.230.